The predicted molar refractivity (Wildman–Crippen MR) is 103 cm³/mol. The quantitative estimate of drug-likeness (QED) is 0.848. The maximum Gasteiger partial charge on any atom is 0.0604 e. The number of rotatable bonds is 3. The van der Waals surface area contributed by atoms with Crippen LogP contribution in [0.3, 0.4) is 0 Å². The molecule has 1 aromatic rings. The molecule has 1 N–H and O–H groups in total. The van der Waals surface area contributed by atoms with Gasteiger partial charge >= 0.3 is 0 Å². The minimum Gasteiger partial charge on any atom is -0.348 e. The molecule has 1 aromatic heterocycles. The standard InChI is InChI=1S/C15H20N4.C3H6.C2H6/c1-2-14-9-12-10-16-5-3-15(12)19(14)8-4-13-11-17-6-7-18-13;1-3-2;1-2/h2,6-7,11,16H,3-5,8-10H2,1H3;3H,1H2,2H3;1-2H3/b14-2+;;. The van der Waals surface area contributed by atoms with Crippen LogP contribution in [0.5, 0.6) is 0 Å². The zero-order valence-electron chi connectivity index (χ0n) is 15.7. The second-order valence-corrected chi connectivity index (χ2v) is 5.44. The summed E-state index contributed by atoms with van der Waals surface area (Å²) in [6.45, 7) is 14.5. The fourth-order valence-electron chi connectivity index (χ4n) is 2.92. The number of nitrogens with zero attached hydrogens (tertiary/aromatic N) is 3. The van der Waals surface area contributed by atoms with Crippen molar-refractivity contribution in [3.05, 3.63) is 60.0 Å². The summed E-state index contributed by atoms with van der Waals surface area (Å²) in [5, 5.41) is 3.46. The molecule has 0 aliphatic carbocycles. The minimum absolute atomic E-state index is 0.954. The molecule has 0 aromatic carbocycles. The molecule has 0 saturated carbocycles. The second kappa shape index (κ2) is 11.6. The highest BCUT2D eigenvalue weighted by Gasteiger charge is 2.27. The summed E-state index contributed by atoms with van der Waals surface area (Å²) in [6, 6.07) is 0. The summed E-state index contributed by atoms with van der Waals surface area (Å²) in [6.07, 6.45) is 12.6. The van der Waals surface area contributed by atoms with E-state index in [1.165, 1.54) is 11.4 Å². The molecule has 0 amide bonds. The van der Waals surface area contributed by atoms with Gasteiger partial charge in [-0.05, 0) is 19.4 Å². The molecular weight excluding hydrogens is 296 g/mol. The van der Waals surface area contributed by atoms with Crippen LogP contribution in [0.2, 0.25) is 0 Å². The zero-order chi connectivity index (χ0) is 17.8. The van der Waals surface area contributed by atoms with Gasteiger partial charge in [-0.3, -0.25) is 9.97 Å². The van der Waals surface area contributed by atoms with Gasteiger partial charge in [0.1, 0.15) is 0 Å². The van der Waals surface area contributed by atoms with Crippen LogP contribution in [0.1, 0.15) is 46.2 Å². The van der Waals surface area contributed by atoms with Crippen molar-refractivity contribution in [2.45, 2.75) is 47.0 Å². The SMILES string of the molecule is C/C=C1\CC2=C(CCNC2)N1CCc1cnccn1.C=CC.CC. The molecule has 3 rings (SSSR count). The van der Waals surface area contributed by atoms with Crippen molar-refractivity contribution in [1.82, 2.24) is 20.2 Å². The van der Waals surface area contributed by atoms with E-state index in [2.05, 4.69) is 39.8 Å². The molecular formula is C20H32N4. The molecule has 0 atom stereocenters. The molecule has 4 nitrogen and oxygen atoms in total. The maximum atomic E-state index is 4.36. The van der Waals surface area contributed by atoms with Crippen LogP contribution in [-0.4, -0.2) is 34.5 Å². The van der Waals surface area contributed by atoms with Crippen LogP contribution in [0.4, 0.5) is 0 Å². The number of hydrogen-bond acceptors (Lipinski definition) is 4. The molecule has 3 heterocycles. The van der Waals surface area contributed by atoms with E-state index in [0.29, 0.717) is 0 Å². The second-order valence-electron chi connectivity index (χ2n) is 5.44. The molecule has 0 unspecified atom stereocenters. The van der Waals surface area contributed by atoms with Crippen molar-refractivity contribution in [3.8, 4) is 0 Å². The lowest BCUT2D eigenvalue weighted by molar-refractivity contribution is 0.419. The van der Waals surface area contributed by atoms with Crippen LogP contribution in [0.25, 0.3) is 0 Å². The third-order valence-corrected chi connectivity index (χ3v) is 3.89. The monoisotopic (exact) mass is 328 g/mol. The summed E-state index contributed by atoms with van der Waals surface area (Å²) >= 11 is 0. The van der Waals surface area contributed by atoms with Crippen molar-refractivity contribution in [2.75, 3.05) is 19.6 Å². The van der Waals surface area contributed by atoms with Gasteiger partial charge in [0.05, 0.1) is 5.69 Å². The van der Waals surface area contributed by atoms with Crippen LogP contribution >= 0.6 is 0 Å². The summed E-state index contributed by atoms with van der Waals surface area (Å²) in [4.78, 5) is 11.0. The van der Waals surface area contributed by atoms with E-state index in [9.17, 15) is 0 Å². The molecule has 0 fully saturated rings. The molecule has 4 heteroatoms. The summed E-state index contributed by atoms with van der Waals surface area (Å²) < 4.78 is 0. The third kappa shape index (κ3) is 5.60. The fourth-order valence-corrected chi connectivity index (χ4v) is 2.92. The normalized spacial score (nSPS) is 17.5. The minimum atomic E-state index is 0.954. The van der Waals surface area contributed by atoms with Gasteiger partial charge in [0.25, 0.3) is 0 Å². The van der Waals surface area contributed by atoms with Gasteiger partial charge in [-0.25, -0.2) is 0 Å². The number of allylic oxidation sites excluding steroid dienone is 3. The first-order chi connectivity index (χ1) is 11.8. The van der Waals surface area contributed by atoms with E-state index in [0.717, 1.165) is 44.6 Å². The van der Waals surface area contributed by atoms with Crippen LogP contribution < -0.4 is 5.32 Å². The van der Waals surface area contributed by atoms with E-state index in [-0.39, 0.29) is 0 Å². The van der Waals surface area contributed by atoms with Crippen LogP contribution in [0, 0.1) is 0 Å². The van der Waals surface area contributed by atoms with E-state index in [1.807, 2.05) is 27.0 Å². The Hall–Kier alpha value is -1.94. The zero-order valence-corrected chi connectivity index (χ0v) is 15.7. The lowest BCUT2D eigenvalue weighted by Crippen LogP contribution is -2.28. The van der Waals surface area contributed by atoms with Gasteiger partial charge < -0.3 is 10.2 Å². The smallest absolute Gasteiger partial charge is 0.0604 e. The van der Waals surface area contributed by atoms with Crippen molar-refractivity contribution in [3.63, 3.8) is 0 Å². The number of hydrogen-bond donors (Lipinski definition) is 1. The van der Waals surface area contributed by atoms with Gasteiger partial charge in [0, 0.05) is 68.9 Å². The highest BCUT2D eigenvalue weighted by Crippen LogP contribution is 2.34. The van der Waals surface area contributed by atoms with Gasteiger partial charge in [0.15, 0.2) is 0 Å². The van der Waals surface area contributed by atoms with Crippen LogP contribution in [-0.2, 0) is 6.42 Å². The molecule has 132 valence electrons. The fraction of sp³-hybridized carbons (Fsp3) is 0.500. The molecule has 0 radical (unpaired) electrons. The van der Waals surface area contributed by atoms with Crippen molar-refractivity contribution < 1.29 is 0 Å². The number of aromatic nitrogens is 2. The summed E-state index contributed by atoms with van der Waals surface area (Å²) in [7, 11) is 0. The third-order valence-electron chi connectivity index (χ3n) is 3.89. The Morgan fingerprint density at radius 2 is 2.04 bits per heavy atom. The molecule has 2 aliphatic heterocycles. The van der Waals surface area contributed by atoms with Crippen molar-refractivity contribution >= 4 is 0 Å². The van der Waals surface area contributed by atoms with E-state index < -0.39 is 0 Å². The maximum absolute atomic E-state index is 4.36. The molecule has 24 heavy (non-hydrogen) atoms. The van der Waals surface area contributed by atoms with Gasteiger partial charge in [-0.2, -0.15) is 0 Å². The Labute approximate surface area is 147 Å². The average molecular weight is 329 g/mol. The number of nitrogens with one attached hydrogen (secondary N) is 1. The Morgan fingerprint density at radius 1 is 1.29 bits per heavy atom. The lowest BCUT2D eigenvalue weighted by atomic mass is 10.1. The molecule has 0 bridgehead atoms. The Bertz CT molecular complexity index is 546. The van der Waals surface area contributed by atoms with Crippen LogP contribution in [0.15, 0.2) is 54.3 Å². The molecule has 0 saturated heterocycles. The molecule has 0 spiro atoms. The van der Waals surface area contributed by atoms with E-state index in [1.54, 1.807) is 24.0 Å². The van der Waals surface area contributed by atoms with E-state index in [4.69, 9.17) is 0 Å². The van der Waals surface area contributed by atoms with Gasteiger partial charge in [-0.15, -0.1) is 6.58 Å². The van der Waals surface area contributed by atoms with E-state index >= 15 is 0 Å². The lowest BCUT2D eigenvalue weighted by Gasteiger charge is -2.26. The Kier molecular flexibility index (Phi) is 9.70. The van der Waals surface area contributed by atoms with Gasteiger partial charge in [-0.1, -0.05) is 26.0 Å². The Balaban J connectivity index is 0.000000521. The largest absolute Gasteiger partial charge is 0.348 e. The first-order valence-corrected chi connectivity index (χ1v) is 8.96. The van der Waals surface area contributed by atoms with Crippen molar-refractivity contribution in [1.29, 1.82) is 0 Å². The van der Waals surface area contributed by atoms with Gasteiger partial charge in [0.2, 0.25) is 0 Å². The highest BCUT2D eigenvalue weighted by atomic mass is 15.2. The molecule has 2 aliphatic rings. The summed E-state index contributed by atoms with van der Waals surface area (Å²) in [5.41, 5.74) is 5.62. The highest BCUT2D eigenvalue weighted by molar-refractivity contribution is 5.34. The first kappa shape index (κ1) is 20.1. The van der Waals surface area contributed by atoms with Crippen molar-refractivity contribution in [2.24, 2.45) is 0 Å². The predicted octanol–water partition coefficient (Wildman–Crippen LogP) is 4.09. The Morgan fingerprint density at radius 3 is 2.67 bits per heavy atom. The summed E-state index contributed by atoms with van der Waals surface area (Å²) in [5.74, 6) is 0. The topological polar surface area (TPSA) is 41.0 Å². The average Bonchev–Trinajstić information content (AvgIpc) is 3.01. The first-order valence-electron chi connectivity index (χ1n) is 8.96.